The highest BCUT2D eigenvalue weighted by atomic mass is 35.5. The lowest BCUT2D eigenvalue weighted by Crippen LogP contribution is -2.13. The third-order valence-corrected chi connectivity index (χ3v) is 5.32. The Morgan fingerprint density at radius 3 is 2.32 bits per heavy atom. The maximum atomic E-state index is 12.5. The normalized spacial score (nSPS) is 11.0. The summed E-state index contributed by atoms with van der Waals surface area (Å²) < 4.78 is 5.75. The maximum absolute atomic E-state index is 12.5. The molecule has 0 atom stereocenters. The zero-order chi connectivity index (χ0) is 22.4. The molecule has 1 N–H and O–H groups in total. The predicted octanol–water partition coefficient (Wildman–Crippen LogP) is 7.08. The van der Waals surface area contributed by atoms with Gasteiger partial charge in [0.1, 0.15) is 18.2 Å². The highest BCUT2D eigenvalue weighted by Crippen LogP contribution is 2.35. The number of ether oxygens (including phenoxy) is 1. The zero-order valence-electron chi connectivity index (χ0n) is 16.5. The number of halogens is 3. The fraction of sp³-hybridized carbons (Fsp3) is 0.0833. The number of benzene rings is 3. The Hall–Kier alpha value is -2.97. The molecular formula is C24H17Cl3N2O2. The van der Waals surface area contributed by atoms with E-state index in [-0.39, 0.29) is 15.6 Å². The van der Waals surface area contributed by atoms with E-state index in [1.165, 1.54) is 6.08 Å². The Morgan fingerprint density at radius 2 is 1.71 bits per heavy atom. The van der Waals surface area contributed by atoms with Gasteiger partial charge >= 0.3 is 0 Å². The van der Waals surface area contributed by atoms with Crippen molar-refractivity contribution in [3.8, 4) is 11.8 Å². The summed E-state index contributed by atoms with van der Waals surface area (Å²) >= 11 is 18.7. The second kappa shape index (κ2) is 10.4. The first-order valence-electron chi connectivity index (χ1n) is 9.22. The monoisotopic (exact) mass is 470 g/mol. The summed E-state index contributed by atoms with van der Waals surface area (Å²) in [6.07, 6.45) is 1.41. The van der Waals surface area contributed by atoms with E-state index < -0.39 is 5.91 Å². The smallest absolute Gasteiger partial charge is 0.266 e. The summed E-state index contributed by atoms with van der Waals surface area (Å²) in [6.45, 7) is 2.16. The number of aryl methyl sites for hydroxylation is 1. The number of hydrogen-bond donors (Lipinski definition) is 1. The van der Waals surface area contributed by atoms with Crippen LogP contribution >= 0.6 is 34.8 Å². The molecule has 0 radical (unpaired) electrons. The average molecular weight is 472 g/mol. The lowest BCUT2D eigenvalue weighted by Gasteiger charge is -2.11. The number of anilines is 1. The molecule has 31 heavy (non-hydrogen) atoms. The number of nitriles is 1. The van der Waals surface area contributed by atoms with E-state index in [1.54, 1.807) is 30.3 Å². The summed E-state index contributed by atoms with van der Waals surface area (Å²) in [6, 6.07) is 19.8. The van der Waals surface area contributed by atoms with Crippen molar-refractivity contribution in [1.29, 1.82) is 5.26 Å². The van der Waals surface area contributed by atoms with Crippen LogP contribution in [0.5, 0.6) is 5.75 Å². The Bertz CT molecular complexity index is 1160. The molecule has 1 amide bonds. The van der Waals surface area contributed by atoms with Gasteiger partial charge in [-0.2, -0.15) is 5.26 Å². The first-order chi connectivity index (χ1) is 14.9. The molecule has 3 aromatic carbocycles. The van der Waals surface area contributed by atoms with Crippen LogP contribution < -0.4 is 10.1 Å². The molecule has 3 rings (SSSR count). The number of hydrogen-bond acceptors (Lipinski definition) is 3. The number of nitrogens with one attached hydrogen (secondary N) is 1. The molecule has 156 valence electrons. The van der Waals surface area contributed by atoms with E-state index in [0.29, 0.717) is 28.6 Å². The molecule has 0 fully saturated rings. The SMILES string of the molecule is Cc1ccc(NC(=O)/C(C#N)=C\c2cc(Cl)c(OCc3ccccc3)c(Cl)c2)cc1Cl. The molecule has 4 nitrogen and oxygen atoms in total. The van der Waals surface area contributed by atoms with Crippen LogP contribution in [0.1, 0.15) is 16.7 Å². The molecule has 0 aliphatic heterocycles. The first-order valence-corrected chi connectivity index (χ1v) is 10.4. The van der Waals surface area contributed by atoms with Gasteiger partial charge in [0.2, 0.25) is 0 Å². The van der Waals surface area contributed by atoms with Crippen molar-refractivity contribution < 1.29 is 9.53 Å². The van der Waals surface area contributed by atoms with Crippen LogP contribution in [-0.2, 0) is 11.4 Å². The fourth-order valence-corrected chi connectivity index (χ4v) is 3.51. The van der Waals surface area contributed by atoms with Crippen molar-refractivity contribution in [3.63, 3.8) is 0 Å². The minimum atomic E-state index is -0.570. The van der Waals surface area contributed by atoms with Crippen LogP contribution in [0.3, 0.4) is 0 Å². The number of carbonyl (C=O) groups is 1. The summed E-state index contributed by atoms with van der Waals surface area (Å²) in [4.78, 5) is 12.5. The molecule has 0 unspecified atom stereocenters. The van der Waals surface area contributed by atoms with Gasteiger partial charge in [-0.3, -0.25) is 4.79 Å². The lowest BCUT2D eigenvalue weighted by molar-refractivity contribution is -0.112. The van der Waals surface area contributed by atoms with Gasteiger partial charge in [-0.15, -0.1) is 0 Å². The van der Waals surface area contributed by atoms with Crippen molar-refractivity contribution >= 4 is 52.5 Å². The topological polar surface area (TPSA) is 62.1 Å². The molecule has 0 spiro atoms. The van der Waals surface area contributed by atoms with Gasteiger partial charge in [0.05, 0.1) is 10.0 Å². The van der Waals surface area contributed by atoms with E-state index in [9.17, 15) is 10.1 Å². The molecule has 0 aromatic heterocycles. The van der Waals surface area contributed by atoms with Crippen LogP contribution in [0.15, 0.2) is 66.2 Å². The number of amides is 1. The van der Waals surface area contributed by atoms with Crippen LogP contribution in [0.25, 0.3) is 6.08 Å². The van der Waals surface area contributed by atoms with E-state index in [1.807, 2.05) is 43.3 Å². The summed E-state index contributed by atoms with van der Waals surface area (Å²) in [5.74, 6) is -0.235. The molecule has 7 heteroatoms. The fourth-order valence-electron chi connectivity index (χ4n) is 2.71. The van der Waals surface area contributed by atoms with Crippen LogP contribution in [-0.4, -0.2) is 5.91 Å². The quantitative estimate of drug-likeness (QED) is 0.308. The molecule has 0 saturated heterocycles. The van der Waals surface area contributed by atoms with E-state index in [4.69, 9.17) is 39.5 Å². The van der Waals surface area contributed by atoms with Crippen molar-refractivity contribution in [2.24, 2.45) is 0 Å². The molecule has 0 aliphatic carbocycles. The van der Waals surface area contributed by atoms with Crippen LogP contribution in [0.2, 0.25) is 15.1 Å². The molecular weight excluding hydrogens is 455 g/mol. The minimum Gasteiger partial charge on any atom is -0.486 e. The Labute approximate surface area is 195 Å². The minimum absolute atomic E-state index is 0.109. The third kappa shape index (κ3) is 6.02. The molecule has 0 heterocycles. The van der Waals surface area contributed by atoms with Crippen molar-refractivity contribution in [2.75, 3.05) is 5.32 Å². The van der Waals surface area contributed by atoms with E-state index in [2.05, 4.69) is 5.32 Å². The standard InChI is InChI=1S/C24H17Cl3N2O2/c1-15-7-8-19(12-20(15)25)29-24(30)18(13-28)9-17-10-21(26)23(22(27)11-17)31-14-16-5-3-2-4-6-16/h2-12H,14H2,1H3,(H,29,30)/b18-9-. The lowest BCUT2D eigenvalue weighted by atomic mass is 10.1. The second-order valence-electron chi connectivity index (χ2n) is 6.68. The maximum Gasteiger partial charge on any atom is 0.266 e. The Morgan fingerprint density at radius 1 is 1.03 bits per heavy atom. The van der Waals surface area contributed by atoms with Gasteiger partial charge in [-0.25, -0.2) is 0 Å². The number of carbonyl (C=O) groups excluding carboxylic acids is 1. The highest BCUT2D eigenvalue weighted by Gasteiger charge is 2.13. The van der Waals surface area contributed by atoms with Gasteiger partial charge in [0.25, 0.3) is 5.91 Å². The third-order valence-electron chi connectivity index (χ3n) is 4.35. The molecule has 0 bridgehead atoms. The Kier molecular flexibility index (Phi) is 7.59. The van der Waals surface area contributed by atoms with Crippen LogP contribution in [0, 0.1) is 18.3 Å². The number of rotatable bonds is 6. The molecule has 0 aliphatic rings. The summed E-state index contributed by atoms with van der Waals surface area (Å²) in [5, 5.41) is 13.2. The highest BCUT2D eigenvalue weighted by molar-refractivity contribution is 6.37. The largest absolute Gasteiger partial charge is 0.486 e. The summed E-state index contributed by atoms with van der Waals surface area (Å²) in [5.41, 5.74) is 2.73. The van der Waals surface area contributed by atoms with Gasteiger partial charge in [0.15, 0.2) is 5.75 Å². The molecule has 0 saturated carbocycles. The van der Waals surface area contributed by atoms with Gasteiger partial charge < -0.3 is 10.1 Å². The average Bonchev–Trinajstić information content (AvgIpc) is 2.74. The Balaban J connectivity index is 1.77. The molecule has 3 aromatic rings. The van der Waals surface area contributed by atoms with Crippen molar-refractivity contribution in [2.45, 2.75) is 13.5 Å². The first kappa shape index (κ1) is 22.7. The zero-order valence-corrected chi connectivity index (χ0v) is 18.7. The number of nitrogens with zero attached hydrogens (tertiary/aromatic N) is 1. The summed E-state index contributed by atoms with van der Waals surface area (Å²) in [7, 11) is 0. The predicted molar refractivity (Wildman–Crippen MR) is 126 cm³/mol. The van der Waals surface area contributed by atoms with Gasteiger partial charge in [0, 0.05) is 10.7 Å². The van der Waals surface area contributed by atoms with Crippen molar-refractivity contribution in [3.05, 3.63) is 98.0 Å². The van der Waals surface area contributed by atoms with Crippen LogP contribution in [0.4, 0.5) is 5.69 Å². The van der Waals surface area contributed by atoms with Gasteiger partial charge in [-0.1, -0.05) is 71.2 Å². The second-order valence-corrected chi connectivity index (χ2v) is 7.90. The van der Waals surface area contributed by atoms with E-state index in [0.717, 1.165) is 11.1 Å². The van der Waals surface area contributed by atoms with E-state index >= 15 is 0 Å². The van der Waals surface area contributed by atoms with Crippen molar-refractivity contribution in [1.82, 2.24) is 0 Å². The van der Waals surface area contributed by atoms with Gasteiger partial charge in [-0.05, 0) is 54.0 Å².